The lowest BCUT2D eigenvalue weighted by Crippen LogP contribution is -2.02. The summed E-state index contributed by atoms with van der Waals surface area (Å²) in [6.07, 6.45) is 7.12. The summed E-state index contributed by atoms with van der Waals surface area (Å²) in [7, 11) is 0. The second kappa shape index (κ2) is 6.80. The predicted molar refractivity (Wildman–Crippen MR) is 94.7 cm³/mol. The van der Waals surface area contributed by atoms with Crippen molar-refractivity contribution in [3.05, 3.63) is 78.5 Å². The van der Waals surface area contributed by atoms with Gasteiger partial charge >= 0.3 is 0 Å². The van der Waals surface area contributed by atoms with Crippen LogP contribution in [0.25, 0.3) is 11.0 Å². The monoisotopic (exact) mass is 333 g/mol. The van der Waals surface area contributed by atoms with Crippen LogP contribution in [0.15, 0.2) is 72.4 Å². The fourth-order valence-electron chi connectivity index (χ4n) is 2.49. The molecule has 6 heteroatoms. The Kier molecular flexibility index (Phi) is 4.20. The van der Waals surface area contributed by atoms with E-state index in [1.165, 1.54) is 11.1 Å². The van der Waals surface area contributed by atoms with Crippen molar-refractivity contribution in [2.75, 3.05) is 0 Å². The van der Waals surface area contributed by atoms with E-state index in [2.05, 4.69) is 38.2 Å². The quantitative estimate of drug-likeness (QED) is 0.413. The third-order valence-corrected chi connectivity index (χ3v) is 4.75. The van der Waals surface area contributed by atoms with E-state index in [0.717, 1.165) is 21.8 Å². The Balaban J connectivity index is 1.59. The standard InChI is InChI=1S/C18H15N5S/c1-2-5-14(6-3-1)11-23-17-16(10-22-23)18(21-13-20-17)24-12-15-7-4-8-19-9-15/h1-10,13H,11-12H2. The highest BCUT2D eigenvalue weighted by Gasteiger charge is 2.10. The van der Waals surface area contributed by atoms with Crippen molar-refractivity contribution in [2.45, 2.75) is 17.3 Å². The van der Waals surface area contributed by atoms with Crippen molar-refractivity contribution < 1.29 is 0 Å². The predicted octanol–water partition coefficient (Wildman–Crippen LogP) is 3.56. The molecule has 4 rings (SSSR count). The number of thioether (sulfide) groups is 1. The zero-order valence-corrected chi connectivity index (χ0v) is 13.7. The van der Waals surface area contributed by atoms with Crippen molar-refractivity contribution in [1.29, 1.82) is 0 Å². The Labute approximate surface area is 143 Å². The van der Waals surface area contributed by atoms with Gasteiger partial charge in [-0.3, -0.25) is 4.98 Å². The highest BCUT2D eigenvalue weighted by molar-refractivity contribution is 7.98. The first-order chi connectivity index (χ1) is 11.9. The smallest absolute Gasteiger partial charge is 0.162 e. The first-order valence-corrected chi connectivity index (χ1v) is 8.61. The van der Waals surface area contributed by atoms with Gasteiger partial charge in [0, 0.05) is 18.1 Å². The van der Waals surface area contributed by atoms with Crippen molar-refractivity contribution in [1.82, 2.24) is 24.7 Å². The van der Waals surface area contributed by atoms with Crippen LogP contribution in [0.2, 0.25) is 0 Å². The lowest BCUT2D eigenvalue weighted by atomic mass is 10.2. The SMILES string of the molecule is c1ccc(Cn2ncc3c(SCc4cccnc4)ncnc32)cc1. The summed E-state index contributed by atoms with van der Waals surface area (Å²) >= 11 is 1.68. The van der Waals surface area contributed by atoms with Gasteiger partial charge in [-0.25, -0.2) is 14.6 Å². The van der Waals surface area contributed by atoms with Crippen LogP contribution in [0.4, 0.5) is 0 Å². The topological polar surface area (TPSA) is 56.5 Å². The van der Waals surface area contributed by atoms with E-state index in [-0.39, 0.29) is 0 Å². The molecule has 0 saturated heterocycles. The minimum absolute atomic E-state index is 0.702. The number of hydrogen-bond donors (Lipinski definition) is 0. The van der Waals surface area contributed by atoms with Gasteiger partial charge in [-0.2, -0.15) is 5.10 Å². The van der Waals surface area contributed by atoms with Crippen molar-refractivity contribution in [3.63, 3.8) is 0 Å². The first-order valence-electron chi connectivity index (χ1n) is 7.62. The summed E-state index contributed by atoms with van der Waals surface area (Å²) in [6, 6.07) is 14.3. The van der Waals surface area contributed by atoms with Crippen LogP contribution in [-0.2, 0) is 12.3 Å². The summed E-state index contributed by atoms with van der Waals surface area (Å²) in [5, 5.41) is 6.43. The van der Waals surface area contributed by atoms with Gasteiger partial charge in [-0.05, 0) is 17.2 Å². The van der Waals surface area contributed by atoms with Crippen molar-refractivity contribution in [2.24, 2.45) is 0 Å². The van der Waals surface area contributed by atoms with Crippen LogP contribution in [0, 0.1) is 0 Å². The molecule has 118 valence electrons. The van der Waals surface area contributed by atoms with Gasteiger partial charge in [-0.15, -0.1) is 11.8 Å². The molecule has 5 nitrogen and oxygen atoms in total. The lowest BCUT2D eigenvalue weighted by Gasteiger charge is -2.04. The molecule has 24 heavy (non-hydrogen) atoms. The second-order valence-corrected chi connectivity index (χ2v) is 6.32. The molecule has 0 spiro atoms. The normalized spacial score (nSPS) is 11.0. The maximum absolute atomic E-state index is 4.49. The molecule has 0 amide bonds. The third-order valence-electron chi connectivity index (χ3n) is 3.67. The summed E-state index contributed by atoms with van der Waals surface area (Å²) in [6.45, 7) is 0.702. The average molecular weight is 333 g/mol. The minimum Gasteiger partial charge on any atom is -0.264 e. The molecule has 0 radical (unpaired) electrons. The van der Waals surface area contributed by atoms with Crippen LogP contribution in [-0.4, -0.2) is 24.7 Å². The maximum atomic E-state index is 4.49. The number of fused-ring (bicyclic) bond motifs is 1. The van der Waals surface area contributed by atoms with Gasteiger partial charge < -0.3 is 0 Å². The highest BCUT2D eigenvalue weighted by Crippen LogP contribution is 2.27. The first kappa shape index (κ1) is 14.8. The van der Waals surface area contributed by atoms with Gasteiger partial charge in [0.25, 0.3) is 0 Å². The Morgan fingerprint density at radius 1 is 0.917 bits per heavy atom. The largest absolute Gasteiger partial charge is 0.264 e. The summed E-state index contributed by atoms with van der Waals surface area (Å²) in [5.41, 5.74) is 3.24. The molecule has 0 fully saturated rings. The number of rotatable bonds is 5. The van der Waals surface area contributed by atoms with Gasteiger partial charge in [-0.1, -0.05) is 36.4 Å². The summed E-state index contributed by atoms with van der Waals surface area (Å²) < 4.78 is 1.92. The average Bonchev–Trinajstić information content (AvgIpc) is 3.05. The van der Waals surface area contributed by atoms with E-state index in [4.69, 9.17) is 0 Å². The van der Waals surface area contributed by atoms with Gasteiger partial charge in [0.1, 0.15) is 11.4 Å². The number of benzene rings is 1. The van der Waals surface area contributed by atoms with Crippen LogP contribution < -0.4 is 0 Å². The molecule has 0 bridgehead atoms. The molecule has 0 N–H and O–H groups in total. The molecule has 0 saturated carbocycles. The van der Waals surface area contributed by atoms with E-state index in [1.54, 1.807) is 24.3 Å². The van der Waals surface area contributed by atoms with Gasteiger partial charge in [0.2, 0.25) is 0 Å². The van der Waals surface area contributed by atoms with Crippen LogP contribution in [0.1, 0.15) is 11.1 Å². The van der Waals surface area contributed by atoms with Gasteiger partial charge in [0.15, 0.2) is 5.65 Å². The molecule has 1 aromatic carbocycles. The molecule has 3 heterocycles. The van der Waals surface area contributed by atoms with Gasteiger partial charge in [0.05, 0.1) is 18.1 Å². The van der Waals surface area contributed by atoms with Crippen LogP contribution >= 0.6 is 11.8 Å². The Hall–Kier alpha value is -2.73. The molecule has 0 unspecified atom stereocenters. The molecule has 4 aromatic rings. The van der Waals surface area contributed by atoms with Crippen molar-refractivity contribution >= 4 is 22.8 Å². The van der Waals surface area contributed by atoms with E-state index in [9.17, 15) is 0 Å². The van der Waals surface area contributed by atoms with Crippen LogP contribution in [0.3, 0.4) is 0 Å². The van der Waals surface area contributed by atoms with E-state index >= 15 is 0 Å². The molecule has 0 aliphatic heterocycles. The molecular weight excluding hydrogens is 318 g/mol. The number of hydrogen-bond acceptors (Lipinski definition) is 5. The van der Waals surface area contributed by atoms with Crippen molar-refractivity contribution in [3.8, 4) is 0 Å². The number of aromatic nitrogens is 5. The van der Waals surface area contributed by atoms with E-state index in [0.29, 0.717) is 6.54 Å². The summed E-state index contributed by atoms with van der Waals surface area (Å²) in [4.78, 5) is 13.0. The maximum Gasteiger partial charge on any atom is 0.162 e. The number of nitrogens with zero attached hydrogens (tertiary/aromatic N) is 5. The fraction of sp³-hybridized carbons (Fsp3) is 0.111. The molecule has 3 aromatic heterocycles. The fourth-order valence-corrected chi connectivity index (χ4v) is 3.39. The number of pyridine rings is 1. The zero-order chi connectivity index (χ0) is 16.2. The molecule has 0 aliphatic carbocycles. The Morgan fingerprint density at radius 3 is 2.62 bits per heavy atom. The van der Waals surface area contributed by atoms with Crippen LogP contribution in [0.5, 0.6) is 0 Å². The third kappa shape index (κ3) is 3.14. The minimum atomic E-state index is 0.702. The molecular formula is C18H15N5S. The molecule has 0 atom stereocenters. The lowest BCUT2D eigenvalue weighted by molar-refractivity contribution is 0.703. The van der Waals surface area contributed by atoms with E-state index in [1.807, 2.05) is 41.3 Å². The zero-order valence-electron chi connectivity index (χ0n) is 12.9. The summed E-state index contributed by atoms with van der Waals surface area (Å²) in [5.74, 6) is 0.823. The second-order valence-electron chi connectivity index (χ2n) is 5.35. The molecule has 0 aliphatic rings. The highest BCUT2D eigenvalue weighted by atomic mass is 32.2. The van der Waals surface area contributed by atoms with E-state index < -0.39 is 0 Å². The Morgan fingerprint density at radius 2 is 1.79 bits per heavy atom. The Bertz CT molecular complexity index is 937.